The third-order valence-electron chi connectivity index (χ3n) is 3.99. The maximum atomic E-state index is 6.00. The first-order valence-electron chi connectivity index (χ1n) is 6.99. The van der Waals surface area contributed by atoms with Crippen LogP contribution in [0.15, 0.2) is 6.20 Å². The molecule has 19 heavy (non-hydrogen) atoms. The summed E-state index contributed by atoms with van der Waals surface area (Å²) in [7, 11) is 2.13. The average Bonchev–Trinajstić information content (AvgIpc) is 2.46. The molecule has 1 fully saturated rings. The fourth-order valence-corrected chi connectivity index (χ4v) is 2.87. The quantitative estimate of drug-likeness (QED) is 0.794. The Bertz CT molecular complexity index is 416. The Labute approximate surface area is 120 Å². The van der Waals surface area contributed by atoms with Crippen molar-refractivity contribution in [1.29, 1.82) is 0 Å². The van der Waals surface area contributed by atoms with E-state index in [2.05, 4.69) is 33.7 Å². The number of anilines is 1. The van der Waals surface area contributed by atoms with Crippen LogP contribution in [-0.2, 0) is 5.88 Å². The minimum atomic E-state index is 0.466. The van der Waals surface area contributed by atoms with E-state index in [0.717, 1.165) is 23.8 Å². The van der Waals surface area contributed by atoms with Crippen LogP contribution in [0.2, 0.25) is 0 Å². The van der Waals surface area contributed by atoms with Gasteiger partial charge < -0.3 is 9.80 Å². The Morgan fingerprint density at radius 1 is 1.42 bits per heavy atom. The van der Waals surface area contributed by atoms with Gasteiger partial charge in [0.15, 0.2) is 0 Å². The molecule has 5 heteroatoms. The predicted molar refractivity (Wildman–Crippen MR) is 79.9 cm³/mol. The molecule has 1 aliphatic rings. The third kappa shape index (κ3) is 3.37. The van der Waals surface area contributed by atoms with Gasteiger partial charge in [0.25, 0.3) is 0 Å². The highest BCUT2D eigenvalue weighted by Crippen LogP contribution is 2.24. The number of hydrogen-bond acceptors (Lipinski definition) is 4. The number of aromatic nitrogens is 2. The van der Waals surface area contributed by atoms with Crippen LogP contribution in [-0.4, -0.2) is 47.6 Å². The zero-order chi connectivity index (χ0) is 13.8. The topological polar surface area (TPSA) is 32.3 Å². The van der Waals surface area contributed by atoms with Crippen molar-refractivity contribution >= 4 is 17.4 Å². The Morgan fingerprint density at radius 2 is 2.11 bits per heavy atom. The summed E-state index contributed by atoms with van der Waals surface area (Å²) in [6.07, 6.45) is 4.23. The van der Waals surface area contributed by atoms with Crippen LogP contribution in [0.1, 0.15) is 31.2 Å². The smallest absolute Gasteiger partial charge is 0.136 e. The molecule has 0 aliphatic carbocycles. The van der Waals surface area contributed by atoms with E-state index in [4.69, 9.17) is 11.6 Å². The Hall–Kier alpha value is -0.870. The van der Waals surface area contributed by atoms with Gasteiger partial charge in [0.05, 0.1) is 5.88 Å². The first-order chi connectivity index (χ1) is 9.15. The van der Waals surface area contributed by atoms with Crippen LogP contribution in [0.5, 0.6) is 0 Å². The minimum Gasteiger partial charge on any atom is -0.356 e. The first-order valence-corrected chi connectivity index (χ1v) is 7.52. The fourth-order valence-electron chi connectivity index (χ4n) is 2.68. The number of likely N-dealkylation sites (tertiary alicyclic amines) is 1. The van der Waals surface area contributed by atoms with Gasteiger partial charge in [-0.2, -0.15) is 0 Å². The van der Waals surface area contributed by atoms with Crippen molar-refractivity contribution in [2.75, 3.05) is 31.6 Å². The van der Waals surface area contributed by atoms with Gasteiger partial charge in [-0.3, -0.25) is 0 Å². The number of rotatable bonds is 4. The second-order valence-corrected chi connectivity index (χ2v) is 5.44. The fraction of sp³-hybridized carbons (Fsp3) is 0.714. The molecule has 0 spiro atoms. The Morgan fingerprint density at radius 3 is 2.68 bits per heavy atom. The number of hydrogen-bond donors (Lipinski definition) is 0. The summed E-state index contributed by atoms with van der Waals surface area (Å²) in [5.74, 6) is 2.27. The van der Waals surface area contributed by atoms with Crippen molar-refractivity contribution < 1.29 is 0 Å². The molecule has 0 atom stereocenters. The summed E-state index contributed by atoms with van der Waals surface area (Å²) in [5.41, 5.74) is 1.02. The Balaban J connectivity index is 2.11. The molecule has 1 saturated heterocycles. The monoisotopic (exact) mass is 282 g/mol. The molecule has 1 aliphatic heterocycles. The maximum absolute atomic E-state index is 6.00. The first kappa shape index (κ1) is 14.5. The van der Waals surface area contributed by atoms with Gasteiger partial charge in [0, 0.05) is 37.9 Å². The summed E-state index contributed by atoms with van der Waals surface area (Å²) in [6.45, 7) is 7.64. The molecule has 0 amide bonds. The predicted octanol–water partition coefficient (Wildman–Crippen LogP) is 2.44. The summed E-state index contributed by atoms with van der Waals surface area (Å²) < 4.78 is 0. The number of halogens is 1. The van der Waals surface area contributed by atoms with E-state index >= 15 is 0 Å². The standard InChI is InChI=1S/C14H23ClN4/c1-4-19-7-5-13(6-8-19)18(3)14-12(9-15)10-16-11(2)17-14/h10,13H,4-9H2,1-3H3. The van der Waals surface area contributed by atoms with E-state index in [1.807, 2.05) is 13.1 Å². The second kappa shape index (κ2) is 6.53. The summed E-state index contributed by atoms with van der Waals surface area (Å²) in [4.78, 5) is 13.6. The highest BCUT2D eigenvalue weighted by Gasteiger charge is 2.24. The van der Waals surface area contributed by atoms with E-state index in [0.29, 0.717) is 11.9 Å². The number of piperidine rings is 1. The van der Waals surface area contributed by atoms with Crippen LogP contribution in [0.3, 0.4) is 0 Å². The normalized spacial score (nSPS) is 17.7. The number of alkyl halides is 1. The lowest BCUT2D eigenvalue weighted by Gasteiger charge is -2.37. The van der Waals surface area contributed by atoms with E-state index in [-0.39, 0.29) is 0 Å². The molecule has 1 aromatic rings. The molecule has 1 aromatic heterocycles. The van der Waals surface area contributed by atoms with E-state index in [1.54, 1.807) is 0 Å². The highest BCUT2D eigenvalue weighted by molar-refractivity contribution is 6.17. The molecule has 106 valence electrons. The van der Waals surface area contributed by atoms with Crippen molar-refractivity contribution in [3.63, 3.8) is 0 Å². The van der Waals surface area contributed by atoms with Gasteiger partial charge in [-0.15, -0.1) is 11.6 Å². The number of nitrogens with zero attached hydrogens (tertiary/aromatic N) is 4. The van der Waals surface area contributed by atoms with Gasteiger partial charge in [0.1, 0.15) is 11.6 Å². The molecule has 0 bridgehead atoms. The second-order valence-electron chi connectivity index (χ2n) is 5.18. The van der Waals surface area contributed by atoms with Crippen LogP contribution >= 0.6 is 11.6 Å². The van der Waals surface area contributed by atoms with Crippen LogP contribution in [0, 0.1) is 6.92 Å². The van der Waals surface area contributed by atoms with E-state index in [1.165, 1.54) is 25.9 Å². The summed E-state index contributed by atoms with van der Waals surface area (Å²) in [6, 6.07) is 0.555. The lowest BCUT2D eigenvalue weighted by molar-refractivity contribution is 0.220. The molecule has 2 rings (SSSR count). The molecule has 0 unspecified atom stereocenters. The highest BCUT2D eigenvalue weighted by atomic mass is 35.5. The molecular formula is C14H23ClN4. The van der Waals surface area contributed by atoms with Crippen molar-refractivity contribution in [2.24, 2.45) is 0 Å². The van der Waals surface area contributed by atoms with Crippen molar-refractivity contribution in [2.45, 2.75) is 38.6 Å². The van der Waals surface area contributed by atoms with E-state index in [9.17, 15) is 0 Å². The lowest BCUT2D eigenvalue weighted by Crippen LogP contribution is -2.43. The molecule has 0 saturated carbocycles. The van der Waals surface area contributed by atoms with Gasteiger partial charge in [0.2, 0.25) is 0 Å². The van der Waals surface area contributed by atoms with Gasteiger partial charge >= 0.3 is 0 Å². The lowest BCUT2D eigenvalue weighted by atomic mass is 10.0. The van der Waals surface area contributed by atoms with Crippen LogP contribution in [0.4, 0.5) is 5.82 Å². The van der Waals surface area contributed by atoms with Crippen molar-refractivity contribution in [1.82, 2.24) is 14.9 Å². The molecule has 0 radical (unpaired) electrons. The van der Waals surface area contributed by atoms with Crippen molar-refractivity contribution in [3.8, 4) is 0 Å². The zero-order valence-electron chi connectivity index (χ0n) is 12.1. The van der Waals surface area contributed by atoms with Crippen LogP contribution in [0.25, 0.3) is 0 Å². The minimum absolute atomic E-state index is 0.466. The molecule has 0 aromatic carbocycles. The molecule has 0 N–H and O–H groups in total. The third-order valence-corrected chi connectivity index (χ3v) is 4.28. The molecule has 4 nitrogen and oxygen atoms in total. The molecule has 2 heterocycles. The van der Waals surface area contributed by atoms with Gasteiger partial charge in [-0.05, 0) is 26.3 Å². The van der Waals surface area contributed by atoms with Gasteiger partial charge in [-0.1, -0.05) is 6.92 Å². The SMILES string of the molecule is CCN1CCC(N(C)c2nc(C)ncc2CCl)CC1. The summed E-state index contributed by atoms with van der Waals surface area (Å²) in [5, 5.41) is 0. The van der Waals surface area contributed by atoms with Crippen molar-refractivity contribution in [3.05, 3.63) is 17.6 Å². The largest absolute Gasteiger partial charge is 0.356 e. The Kier molecular flexibility index (Phi) is 4.99. The maximum Gasteiger partial charge on any atom is 0.136 e. The van der Waals surface area contributed by atoms with E-state index < -0.39 is 0 Å². The average molecular weight is 283 g/mol. The van der Waals surface area contributed by atoms with Gasteiger partial charge in [-0.25, -0.2) is 9.97 Å². The zero-order valence-corrected chi connectivity index (χ0v) is 12.8. The number of aryl methyl sites for hydroxylation is 1. The summed E-state index contributed by atoms with van der Waals surface area (Å²) >= 11 is 6.00. The van der Waals surface area contributed by atoms with Crippen LogP contribution < -0.4 is 4.90 Å². The molecular weight excluding hydrogens is 260 g/mol.